The Morgan fingerprint density at radius 1 is 1.16 bits per heavy atom. The zero-order chi connectivity index (χ0) is 21.4. The lowest BCUT2D eigenvalue weighted by molar-refractivity contribution is -0.0256. The first-order valence-electron chi connectivity index (χ1n) is 10.4. The molecule has 3 aromatic heterocycles. The van der Waals surface area contributed by atoms with Crippen molar-refractivity contribution in [2.24, 2.45) is 5.41 Å². The van der Waals surface area contributed by atoms with Crippen molar-refractivity contribution in [2.75, 3.05) is 0 Å². The summed E-state index contributed by atoms with van der Waals surface area (Å²) in [6.07, 6.45) is 6.64. The lowest BCUT2D eigenvalue weighted by atomic mass is 9.50. The molecule has 0 atom stereocenters. The highest BCUT2D eigenvalue weighted by Crippen LogP contribution is 2.61. The van der Waals surface area contributed by atoms with Gasteiger partial charge in [0, 0.05) is 18.0 Å². The van der Waals surface area contributed by atoms with Gasteiger partial charge in [-0.25, -0.2) is 18.4 Å². The Labute approximate surface area is 183 Å². The highest BCUT2D eigenvalue weighted by Gasteiger charge is 2.54. The third-order valence-corrected chi connectivity index (χ3v) is 9.04. The maximum atomic E-state index is 12.5. The SMILES string of the molecule is O=C(NC1CC2(C1)CC(c1nc3cnc(Cl)cc3o1)C2)c1ccc(S(=O)(=O)C2CC2)o1. The Morgan fingerprint density at radius 3 is 2.68 bits per heavy atom. The van der Waals surface area contributed by atoms with Gasteiger partial charge in [0.25, 0.3) is 5.91 Å². The van der Waals surface area contributed by atoms with Crippen molar-refractivity contribution in [1.29, 1.82) is 0 Å². The van der Waals surface area contributed by atoms with E-state index in [0.717, 1.165) is 31.6 Å². The number of nitrogens with zero attached hydrogens (tertiary/aromatic N) is 2. The van der Waals surface area contributed by atoms with E-state index in [1.54, 1.807) is 12.3 Å². The molecule has 3 aliphatic carbocycles. The van der Waals surface area contributed by atoms with Crippen LogP contribution in [0.1, 0.15) is 60.9 Å². The number of nitrogens with one attached hydrogen (secondary N) is 1. The minimum absolute atomic E-state index is 0.0467. The molecule has 0 radical (unpaired) electrons. The third-order valence-electron chi connectivity index (χ3n) is 6.71. The van der Waals surface area contributed by atoms with E-state index in [-0.39, 0.29) is 39.4 Å². The minimum Gasteiger partial charge on any atom is -0.440 e. The van der Waals surface area contributed by atoms with Crippen LogP contribution in [-0.2, 0) is 9.84 Å². The van der Waals surface area contributed by atoms with Crippen molar-refractivity contribution in [1.82, 2.24) is 15.3 Å². The van der Waals surface area contributed by atoms with Gasteiger partial charge in [-0.3, -0.25) is 4.79 Å². The van der Waals surface area contributed by atoms with Crippen LogP contribution in [0.4, 0.5) is 0 Å². The maximum absolute atomic E-state index is 12.5. The lowest BCUT2D eigenvalue weighted by Crippen LogP contribution is -2.55. The molecule has 1 spiro atoms. The Bertz CT molecular complexity index is 1300. The first-order valence-corrected chi connectivity index (χ1v) is 12.3. The van der Waals surface area contributed by atoms with Gasteiger partial charge >= 0.3 is 0 Å². The van der Waals surface area contributed by atoms with Gasteiger partial charge in [0.05, 0.1) is 11.4 Å². The van der Waals surface area contributed by atoms with Gasteiger partial charge in [0.2, 0.25) is 14.9 Å². The second-order valence-corrected chi connectivity index (χ2v) is 11.6. The van der Waals surface area contributed by atoms with Crippen LogP contribution in [0.2, 0.25) is 5.15 Å². The van der Waals surface area contributed by atoms with Crippen LogP contribution in [0.3, 0.4) is 0 Å². The van der Waals surface area contributed by atoms with Gasteiger partial charge in [-0.2, -0.15) is 0 Å². The predicted molar refractivity (Wildman–Crippen MR) is 111 cm³/mol. The molecule has 10 heteroatoms. The summed E-state index contributed by atoms with van der Waals surface area (Å²) in [5, 5.41) is 2.87. The molecule has 3 heterocycles. The fourth-order valence-electron chi connectivity index (χ4n) is 4.98. The zero-order valence-electron chi connectivity index (χ0n) is 16.5. The molecule has 1 N–H and O–H groups in total. The highest BCUT2D eigenvalue weighted by atomic mass is 35.5. The summed E-state index contributed by atoms with van der Waals surface area (Å²) < 4.78 is 35.6. The number of amides is 1. The average molecular weight is 462 g/mol. The van der Waals surface area contributed by atoms with Gasteiger partial charge in [-0.1, -0.05) is 11.6 Å². The van der Waals surface area contributed by atoms with Crippen molar-refractivity contribution >= 4 is 38.4 Å². The van der Waals surface area contributed by atoms with Gasteiger partial charge in [0.1, 0.15) is 10.7 Å². The number of pyridine rings is 1. The van der Waals surface area contributed by atoms with Crippen molar-refractivity contribution in [3.8, 4) is 0 Å². The predicted octanol–water partition coefficient (Wildman–Crippen LogP) is 3.86. The summed E-state index contributed by atoms with van der Waals surface area (Å²) in [5.41, 5.74) is 1.57. The van der Waals surface area contributed by atoms with Crippen molar-refractivity contribution in [2.45, 2.75) is 60.8 Å². The van der Waals surface area contributed by atoms with E-state index in [9.17, 15) is 13.2 Å². The summed E-state index contributed by atoms with van der Waals surface area (Å²) in [4.78, 5) is 21.0. The van der Waals surface area contributed by atoms with Crippen LogP contribution in [-0.4, -0.2) is 35.6 Å². The van der Waals surface area contributed by atoms with Crippen LogP contribution in [0.25, 0.3) is 11.1 Å². The summed E-state index contributed by atoms with van der Waals surface area (Å²) in [6.45, 7) is 0. The summed E-state index contributed by atoms with van der Waals surface area (Å²) in [7, 11) is -3.43. The first kappa shape index (κ1) is 19.3. The quantitative estimate of drug-likeness (QED) is 0.573. The molecule has 3 saturated carbocycles. The number of sulfone groups is 1. The number of hydrogen-bond donors (Lipinski definition) is 1. The number of oxazole rings is 1. The van der Waals surface area contributed by atoms with Gasteiger partial charge in [-0.15, -0.1) is 0 Å². The number of halogens is 1. The smallest absolute Gasteiger partial charge is 0.287 e. The van der Waals surface area contributed by atoms with E-state index in [4.69, 9.17) is 20.4 Å². The molecule has 3 aliphatic rings. The second-order valence-electron chi connectivity index (χ2n) is 9.07. The molecule has 6 rings (SSSR count). The van der Waals surface area contributed by atoms with Crippen LogP contribution in [0.5, 0.6) is 0 Å². The molecule has 162 valence electrons. The zero-order valence-corrected chi connectivity index (χ0v) is 18.1. The molecule has 31 heavy (non-hydrogen) atoms. The topological polar surface area (TPSA) is 115 Å². The molecular formula is C21H20ClN3O5S. The Balaban J connectivity index is 1.04. The first-order chi connectivity index (χ1) is 14.8. The van der Waals surface area contributed by atoms with Crippen molar-refractivity contribution in [3.05, 3.63) is 41.2 Å². The molecule has 3 fully saturated rings. The lowest BCUT2D eigenvalue weighted by Gasteiger charge is -2.57. The fourth-order valence-corrected chi connectivity index (χ4v) is 6.67. The average Bonchev–Trinajstić information content (AvgIpc) is 3.27. The Hall–Kier alpha value is -2.39. The fraction of sp³-hybridized carbons (Fsp3) is 0.476. The number of hydrogen-bond acceptors (Lipinski definition) is 7. The molecule has 0 bridgehead atoms. The maximum Gasteiger partial charge on any atom is 0.287 e. The normalized spacial score (nSPS) is 27.8. The van der Waals surface area contributed by atoms with Gasteiger partial charge < -0.3 is 14.2 Å². The molecule has 0 aliphatic heterocycles. The second kappa shape index (κ2) is 6.56. The van der Waals surface area contributed by atoms with Crippen molar-refractivity contribution in [3.63, 3.8) is 0 Å². The summed E-state index contributed by atoms with van der Waals surface area (Å²) in [5.74, 6) is 0.668. The molecule has 0 aromatic carbocycles. The van der Waals surface area contributed by atoms with E-state index in [2.05, 4.69) is 15.3 Å². The van der Waals surface area contributed by atoms with E-state index >= 15 is 0 Å². The summed E-state index contributed by atoms with van der Waals surface area (Å²) in [6, 6.07) is 4.55. The third kappa shape index (κ3) is 3.25. The van der Waals surface area contributed by atoms with E-state index in [1.165, 1.54) is 12.1 Å². The van der Waals surface area contributed by atoms with Crippen LogP contribution >= 0.6 is 11.6 Å². The molecule has 3 aromatic rings. The molecule has 0 unspecified atom stereocenters. The Morgan fingerprint density at radius 2 is 1.94 bits per heavy atom. The summed E-state index contributed by atoms with van der Waals surface area (Å²) >= 11 is 5.90. The highest BCUT2D eigenvalue weighted by molar-refractivity contribution is 7.92. The largest absolute Gasteiger partial charge is 0.440 e. The molecule has 8 nitrogen and oxygen atoms in total. The minimum atomic E-state index is -3.43. The molecule has 0 saturated heterocycles. The number of fused-ring (bicyclic) bond motifs is 1. The van der Waals surface area contributed by atoms with Crippen LogP contribution < -0.4 is 5.32 Å². The van der Waals surface area contributed by atoms with Crippen LogP contribution in [0, 0.1) is 5.41 Å². The van der Waals surface area contributed by atoms with Crippen molar-refractivity contribution < 1.29 is 22.0 Å². The number of carbonyl (C=O) groups is 1. The van der Waals surface area contributed by atoms with Gasteiger partial charge in [0.15, 0.2) is 17.2 Å². The monoisotopic (exact) mass is 461 g/mol. The van der Waals surface area contributed by atoms with E-state index in [0.29, 0.717) is 29.1 Å². The van der Waals surface area contributed by atoms with Crippen LogP contribution in [0.15, 0.2) is 38.3 Å². The van der Waals surface area contributed by atoms with E-state index in [1.807, 2.05) is 0 Å². The standard InChI is InChI=1S/C21H20ClN3O5S/c22-17-5-16-14(10-23-17)25-20(30-16)11-6-21(7-11)8-12(9-21)24-19(26)15-3-4-18(29-15)31(27,28)13-1-2-13/h3-5,10-13H,1-2,6-9H2,(H,24,26). The number of aromatic nitrogens is 2. The Kier molecular flexibility index (Phi) is 4.08. The van der Waals surface area contributed by atoms with E-state index < -0.39 is 9.84 Å². The molecule has 1 amide bonds. The number of carbonyl (C=O) groups excluding carboxylic acids is 1. The number of furan rings is 1. The van der Waals surface area contributed by atoms with Gasteiger partial charge in [-0.05, 0) is 56.1 Å². The molecular weight excluding hydrogens is 442 g/mol. The number of rotatable bonds is 5.